The summed E-state index contributed by atoms with van der Waals surface area (Å²) in [6, 6.07) is 17.6. The van der Waals surface area contributed by atoms with Crippen molar-refractivity contribution in [3.8, 4) is 0 Å². The Morgan fingerprint density at radius 1 is 0.972 bits per heavy atom. The van der Waals surface area contributed by atoms with Crippen LogP contribution in [0.3, 0.4) is 0 Å². The van der Waals surface area contributed by atoms with Crippen LogP contribution in [0.4, 0.5) is 0 Å². The molecule has 2 aromatic carbocycles. The van der Waals surface area contributed by atoms with Crippen molar-refractivity contribution in [1.82, 2.24) is 35.2 Å². The summed E-state index contributed by atoms with van der Waals surface area (Å²) in [4.78, 5) is 9.80. The van der Waals surface area contributed by atoms with Crippen LogP contribution in [-0.4, -0.2) is 35.2 Å². The first-order chi connectivity index (χ1) is 17.5. The second-order valence-electron chi connectivity index (χ2n) is 9.60. The van der Waals surface area contributed by atoms with Crippen LogP contribution in [0.1, 0.15) is 64.6 Å². The maximum atomic E-state index is 4.93. The number of imidazole rings is 1. The first-order valence-corrected chi connectivity index (χ1v) is 12.5. The number of rotatable bonds is 4. The molecule has 0 saturated heterocycles. The number of fused-ring (bicyclic) bond motifs is 3. The highest BCUT2D eigenvalue weighted by molar-refractivity contribution is 5.98. The van der Waals surface area contributed by atoms with Gasteiger partial charge in [-0.15, -0.1) is 10.2 Å². The SMILES string of the molecule is CCc1nc2c(C)cc(C)nc2n1Cc1ccc2c(c1)CCc1ccccc1/C2=C(\C)c1nn[nH]n1. The van der Waals surface area contributed by atoms with E-state index in [0.29, 0.717) is 5.82 Å². The lowest BCUT2D eigenvalue weighted by molar-refractivity contribution is 0.744. The maximum Gasteiger partial charge on any atom is 0.201 e. The van der Waals surface area contributed by atoms with E-state index in [1.54, 1.807) is 0 Å². The smallest absolute Gasteiger partial charge is 0.201 e. The van der Waals surface area contributed by atoms with Gasteiger partial charge in [-0.05, 0) is 83.8 Å². The molecule has 3 aromatic heterocycles. The number of benzene rings is 2. The molecule has 0 spiro atoms. The van der Waals surface area contributed by atoms with E-state index >= 15 is 0 Å². The highest BCUT2D eigenvalue weighted by Gasteiger charge is 2.22. The van der Waals surface area contributed by atoms with Gasteiger partial charge in [0.1, 0.15) is 11.3 Å². The summed E-state index contributed by atoms with van der Waals surface area (Å²) in [5.41, 5.74) is 12.8. The van der Waals surface area contributed by atoms with Gasteiger partial charge in [0.2, 0.25) is 5.82 Å². The van der Waals surface area contributed by atoms with Gasteiger partial charge in [0.25, 0.3) is 0 Å². The summed E-state index contributed by atoms with van der Waals surface area (Å²) in [7, 11) is 0. The van der Waals surface area contributed by atoms with Crippen molar-refractivity contribution in [3.63, 3.8) is 0 Å². The Labute approximate surface area is 210 Å². The van der Waals surface area contributed by atoms with Crippen molar-refractivity contribution < 1.29 is 0 Å². The average Bonchev–Trinajstić information content (AvgIpc) is 3.50. The summed E-state index contributed by atoms with van der Waals surface area (Å²) >= 11 is 0. The van der Waals surface area contributed by atoms with Crippen molar-refractivity contribution in [2.24, 2.45) is 0 Å². The van der Waals surface area contributed by atoms with Gasteiger partial charge < -0.3 is 4.57 Å². The van der Waals surface area contributed by atoms with Crippen molar-refractivity contribution in [2.75, 3.05) is 0 Å². The molecule has 0 radical (unpaired) electrons. The molecule has 1 aliphatic rings. The molecule has 0 unspecified atom stereocenters. The number of nitrogens with one attached hydrogen (secondary N) is 1. The largest absolute Gasteiger partial charge is 0.308 e. The molecule has 5 aromatic rings. The molecule has 0 bridgehead atoms. The van der Waals surface area contributed by atoms with Crippen LogP contribution >= 0.6 is 0 Å². The molecule has 1 N–H and O–H groups in total. The zero-order chi connectivity index (χ0) is 24.8. The fourth-order valence-electron chi connectivity index (χ4n) is 5.50. The van der Waals surface area contributed by atoms with Crippen LogP contribution in [-0.2, 0) is 25.8 Å². The maximum absolute atomic E-state index is 4.93. The number of H-pyrrole nitrogens is 1. The molecule has 0 fully saturated rings. The van der Waals surface area contributed by atoms with Gasteiger partial charge in [0.05, 0.1) is 6.54 Å². The van der Waals surface area contributed by atoms with Crippen molar-refractivity contribution in [2.45, 2.75) is 53.5 Å². The Morgan fingerprint density at radius 3 is 2.58 bits per heavy atom. The van der Waals surface area contributed by atoms with E-state index in [4.69, 9.17) is 9.97 Å². The van der Waals surface area contributed by atoms with Crippen molar-refractivity contribution >= 4 is 22.3 Å². The molecule has 7 nitrogen and oxygen atoms in total. The number of tetrazole rings is 1. The Bertz CT molecular complexity index is 1620. The second-order valence-corrected chi connectivity index (χ2v) is 9.60. The lowest BCUT2D eigenvalue weighted by Gasteiger charge is -2.16. The van der Waals surface area contributed by atoms with Crippen LogP contribution in [0.15, 0.2) is 48.5 Å². The van der Waals surface area contributed by atoms with Crippen LogP contribution < -0.4 is 0 Å². The molecule has 0 aliphatic heterocycles. The molecule has 0 saturated carbocycles. The van der Waals surface area contributed by atoms with E-state index in [-0.39, 0.29) is 0 Å². The van der Waals surface area contributed by atoms with Crippen LogP contribution in [0, 0.1) is 13.8 Å². The molecule has 7 heteroatoms. The van der Waals surface area contributed by atoms with E-state index in [1.165, 1.54) is 39.0 Å². The molecule has 0 amide bonds. The van der Waals surface area contributed by atoms with Crippen molar-refractivity contribution in [1.29, 1.82) is 0 Å². The van der Waals surface area contributed by atoms with Crippen LogP contribution in [0.2, 0.25) is 0 Å². The molecule has 1 aliphatic carbocycles. The lowest BCUT2D eigenvalue weighted by atomic mass is 9.89. The van der Waals surface area contributed by atoms with Gasteiger partial charge in [-0.2, -0.15) is 5.21 Å². The number of pyridine rings is 1. The normalized spacial score (nSPS) is 14.4. The van der Waals surface area contributed by atoms with Crippen molar-refractivity contribution in [3.05, 3.63) is 99.3 Å². The van der Waals surface area contributed by atoms with Gasteiger partial charge in [0.15, 0.2) is 5.65 Å². The predicted molar refractivity (Wildman–Crippen MR) is 142 cm³/mol. The van der Waals surface area contributed by atoms with Gasteiger partial charge in [0, 0.05) is 17.7 Å². The van der Waals surface area contributed by atoms with Crippen LogP contribution in [0.25, 0.3) is 22.3 Å². The highest BCUT2D eigenvalue weighted by atomic mass is 15.5. The number of aryl methyl sites for hydroxylation is 5. The number of allylic oxidation sites excluding steroid dienone is 1. The minimum atomic E-state index is 0.631. The number of hydrogen-bond donors (Lipinski definition) is 1. The number of aromatic nitrogens is 7. The Balaban J connectivity index is 1.48. The van der Waals surface area contributed by atoms with E-state index < -0.39 is 0 Å². The van der Waals surface area contributed by atoms with E-state index in [1.807, 2.05) is 0 Å². The first kappa shape index (κ1) is 22.3. The summed E-state index contributed by atoms with van der Waals surface area (Å²) in [6.07, 6.45) is 2.83. The second kappa shape index (κ2) is 8.82. The third-order valence-corrected chi connectivity index (χ3v) is 7.20. The quantitative estimate of drug-likeness (QED) is 0.384. The molecule has 3 heterocycles. The topological polar surface area (TPSA) is 85.2 Å². The van der Waals surface area contributed by atoms with Gasteiger partial charge in [-0.25, -0.2) is 9.97 Å². The minimum Gasteiger partial charge on any atom is -0.308 e. The van der Waals surface area contributed by atoms with E-state index in [9.17, 15) is 0 Å². The molecule has 6 rings (SSSR count). The average molecular weight is 476 g/mol. The molecular weight excluding hydrogens is 446 g/mol. The minimum absolute atomic E-state index is 0.631. The van der Waals surface area contributed by atoms with E-state index in [2.05, 4.69) is 101 Å². The fraction of sp³-hybridized carbons (Fsp3) is 0.276. The van der Waals surface area contributed by atoms with Gasteiger partial charge in [-0.1, -0.05) is 49.4 Å². The monoisotopic (exact) mass is 475 g/mol. The fourth-order valence-corrected chi connectivity index (χ4v) is 5.50. The zero-order valence-corrected chi connectivity index (χ0v) is 21.1. The molecular formula is C29H29N7. The molecule has 36 heavy (non-hydrogen) atoms. The predicted octanol–water partition coefficient (Wildman–Crippen LogP) is 5.25. The lowest BCUT2D eigenvalue weighted by Crippen LogP contribution is -2.07. The summed E-state index contributed by atoms with van der Waals surface area (Å²) < 4.78 is 2.28. The Kier molecular flexibility index (Phi) is 5.48. The summed E-state index contributed by atoms with van der Waals surface area (Å²) in [5, 5.41) is 14.9. The Morgan fingerprint density at radius 2 is 1.78 bits per heavy atom. The molecule has 180 valence electrons. The number of aromatic amines is 1. The summed E-state index contributed by atoms with van der Waals surface area (Å²) in [6.45, 7) is 9.16. The number of nitrogens with zero attached hydrogens (tertiary/aromatic N) is 6. The van der Waals surface area contributed by atoms with Crippen LogP contribution in [0.5, 0.6) is 0 Å². The Hall–Kier alpha value is -4.13. The number of hydrogen-bond acceptors (Lipinski definition) is 5. The highest BCUT2D eigenvalue weighted by Crippen LogP contribution is 2.38. The zero-order valence-electron chi connectivity index (χ0n) is 21.1. The first-order valence-electron chi connectivity index (χ1n) is 12.5. The molecule has 0 atom stereocenters. The third kappa shape index (κ3) is 3.71. The van der Waals surface area contributed by atoms with E-state index in [0.717, 1.165) is 54.1 Å². The van der Waals surface area contributed by atoms with Gasteiger partial charge in [-0.3, -0.25) is 0 Å². The summed E-state index contributed by atoms with van der Waals surface area (Å²) in [5.74, 6) is 1.70. The standard InChI is InChI=1S/C29H29N7/c1-5-25-31-27-17(2)14-18(3)30-29(27)36(25)16-20-10-13-24-22(15-20)12-11-21-8-6-7-9-23(21)26(24)19(4)28-32-34-35-33-28/h6-10,13-15H,5,11-12,16H2,1-4H3,(H,32,33,34,35)/b26-19-. The van der Waals surface area contributed by atoms with Gasteiger partial charge >= 0.3 is 0 Å². The third-order valence-electron chi connectivity index (χ3n) is 7.20.